The van der Waals surface area contributed by atoms with Crippen molar-refractivity contribution in [3.63, 3.8) is 0 Å². The molecule has 0 atom stereocenters. The molecule has 0 spiro atoms. The summed E-state index contributed by atoms with van der Waals surface area (Å²) in [5.41, 5.74) is 1.12. The summed E-state index contributed by atoms with van der Waals surface area (Å²) < 4.78 is 18.3. The highest BCUT2D eigenvalue weighted by atomic mass is 35.5. The van der Waals surface area contributed by atoms with Crippen LogP contribution in [-0.4, -0.2) is 12.9 Å². The Morgan fingerprint density at radius 3 is 2.68 bits per heavy atom. The summed E-state index contributed by atoms with van der Waals surface area (Å²) >= 11 is 5.83. The Balaban J connectivity index is 2.17. The molecule has 19 heavy (non-hydrogen) atoms. The number of ether oxygens (including phenoxy) is 1. The van der Waals surface area contributed by atoms with E-state index in [9.17, 15) is 9.18 Å². The van der Waals surface area contributed by atoms with Crippen LogP contribution in [0, 0.1) is 5.82 Å². The van der Waals surface area contributed by atoms with Crippen LogP contribution in [0.3, 0.4) is 0 Å². The van der Waals surface area contributed by atoms with Gasteiger partial charge in [0.1, 0.15) is 0 Å². The van der Waals surface area contributed by atoms with Gasteiger partial charge in [0.05, 0.1) is 7.11 Å². The van der Waals surface area contributed by atoms with Crippen LogP contribution in [-0.2, 0) is 6.42 Å². The van der Waals surface area contributed by atoms with Crippen molar-refractivity contribution in [2.75, 3.05) is 7.11 Å². The molecule has 2 nitrogen and oxygen atoms in total. The Morgan fingerprint density at radius 1 is 1.26 bits per heavy atom. The molecule has 0 aliphatic heterocycles. The van der Waals surface area contributed by atoms with Crippen molar-refractivity contribution in [3.8, 4) is 5.75 Å². The van der Waals surface area contributed by atoms with E-state index in [0.29, 0.717) is 16.1 Å². The van der Waals surface area contributed by atoms with Crippen molar-refractivity contribution in [2.24, 2.45) is 0 Å². The minimum Gasteiger partial charge on any atom is -0.494 e. The normalized spacial score (nSPS) is 10.3. The van der Waals surface area contributed by atoms with Crippen molar-refractivity contribution in [2.45, 2.75) is 6.42 Å². The van der Waals surface area contributed by atoms with Gasteiger partial charge in [0, 0.05) is 17.0 Å². The lowest BCUT2D eigenvalue weighted by molar-refractivity contribution is 0.0993. The molecule has 4 heteroatoms. The fourth-order valence-corrected chi connectivity index (χ4v) is 1.96. The van der Waals surface area contributed by atoms with Crippen LogP contribution in [0.5, 0.6) is 5.75 Å². The predicted octanol–water partition coefficient (Wildman–Crippen LogP) is 3.91. The smallest absolute Gasteiger partial charge is 0.167 e. The summed E-state index contributed by atoms with van der Waals surface area (Å²) in [6, 6.07) is 11.2. The third-order valence-electron chi connectivity index (χ3n) is 2.73. The fourth-order valence-electron chi connectivity index (χ4n) is 1.77. The number of benzene rings is 2. The molecule has 0 aliphatic rings. The number of halogens is 2. The molecule has 2 rings (SSSR count). The summed E-state index contributed by atoms with van der Waals surface area (Å²) in [5.74, 6) is -0.412. The van der Waals surface area contributed by atoms with Crippen LogP contribution in [0.4, 0.5) is 4.39 Å². The number of rotatable bonds is 4. The second kappa shape index (κ2) is 5.85. The zero-order chi connectivity index (χ0) is 13.8. The first kappa shape index (κ1) is 13.6. The Kier molecular flexibility index (Phi) is 4.17. The summed E-state index contributed by atoms with van der Waals surface area (Å²) in [7, 11) is 1.40. The maximum absolute atomic E-state index is 13.5. The average Bonchev–Trinajstić information content (AvgIpc) is 2.39. The number of ketones is 1. The van der Waals surface area contributed by atoms with Crippen molar-refractivity contribution in [3.05, 3.63) is 64.4 Å². The highest BCUT2D eigenvalue weighted by molar-refractivity contribution is 6.31. The van der Waals surface area contributed by atoms with Gasteiger partial charge in [0.15, 0.2) is 17.3 Å². The van der Waals surface area contributed by atoms with Crippen molar-refractivity contribution >= 4 is 17.4 Å². The molecule has 0 radical (unpaired) electrons. The average molecular weight is 279 g/mol. The molecule has 2 aromatic carbocycles. The zero-order valence-corrected chi connectivity index (χ0v) is 11.1. The number of Topliss-reactive ketones (excluding diaryl/α,β-unsaturated/α-hetero) is 1. The van der Waals surface area contributed by atoms with Gasteiger partial charge in [-0.25, -0.2) is 4.39 Å². The van der Waals surface area contributed by atoms with E-state index < -0.39 is 5.82 Å². The predicted molar refractivity (Wildman–Crippen MR) is 72.4 cm³/mol. The van der Waals surface area contributed by atoms with Crippen LogP contribution < -0.4 is 4.74 Å². The van der Waals surface area contributed by atoms with Crippen molar-refractivity contribution in [1.82, 2.24) is 0 Å². The van der Waals surface area contributed by atoms with E-state index in [2.05, 4.69) is 0 Å². The van der Waals surface area contributed by atoms with Gasteiger partial charge in [-0.05, 0) is 29.8 Å². The van der Waals surface area contributed by atoms with Crippen molar-refractivity contribution < 1.29 is 13.9 Å². The molecule has 0 aromatic heterocycles. The highest BCUT2D eigenvalue weighted by Crippen LogP contribution is 2.19. The minimum atomic E-state index is -0.473. The van der Waals surface area contributed by atoms with E-state index >= 15 is 0 Å². The largest absolute Gasteiger partial charge is 0.494 e. The topological polar surface area (TPSA) is 26.3 Å². The molecule has 2 aromatic rings. The Bertz CT molecular complexity index is 611. The van der Waals surface area contributed by atoms with E-state index in [1.165, 1.54) is 19.2 Å². The molecule has 0 fully saturated rings. The van der Waals surface area contributed by atoms with Gasteiger partial charge in [-0.15, -0.1) is 0 Å². The Morgan fingerprint density at radius 2 is 2.05 bits per heavy atom. The minimum absolute atomic E-state index is 0.105. The van der Waals surface area contributed by atoms with E-state index in [-0.39, 0.29) is 18.0 Å². The second-order valence-electron chi connectivity index (χ2n) is 4.08. The Labute approximate surface area is 115 Å². The highest BCUT2D eigenvalue weighted by Gasteiger charge is 2.10. The number of carbonyl (C=O) groups excluding carboxylic acids is 1. The third kappa shape index (κ3) is 3.32. The van der Waals surface area contributed by atoms with Crippen LogP contribution >= 0.6 is 11.6 Å². The lowest BCUT2D eigenvalue weighted by Gasteiger charge is -2.05. The van der Waals surface area contributed by atoms with Gasteiger partial charge in [-0.2, -0.15) is 0 Å². The summed E-state index contributed by atoms with van der Waals surface area (Å²) in [6.45, 7) is 0. The fraction of sp³-hybridized carbons (Fsp3) is 0.133. The molecule has 0 bridgehead atoms. The third-order valence-corrected chi connectivity index (χ3v) is 2.96. The Hall–Kier alpha value is -1.87. The van der Waals surface area contributed by atoms with Crippen molar-refractivity contribution in [1.29, 1.82) is 0 Å². The number of carbonyl (C=O) groups is 1. The van der Waals surface area contributed by atoms with E-state index in [1.54, 1.807) is 30.3 Å². The van der Waals surface area contributed by atoms with Gasteiger partial charge in [-0.3, -0.25) is 4.79 Å². The molecule has 0 heterocycles. The molecule has 0 unspecified atom stereocenters. The monoisotopic (exact) mass is 278 g/mol. The molecular formula is C15H12ClFO2. The zero-order valence-electron chi connectivity index (χ0n) is 10.3. The van der Waals surface area contributed by atoms with Gasteiger partial charge in [-0.1, -0.05) is 29.8 Å². The second-order valence-corrected chi connectivity index (χ2v) is 4.52. The SMILES string of the molecule is COc1ccc(CC(=O)c2cccc(Cl)c2)cc1F. The first-order chi connectivity index (χ1) is 9.10. The number of hydrogen-bond donors (Lipinski definition) is 0. The number of methoxy groups -OCH3 is 1. The lowest BCUT2D eigenvalue weighted by atomic mass is 10.0. The summed E-state index contributed by atoms with van der Waals surface area (Å²) in [6.07, 6.45) is 0.126. The maximum atomic E-state index is 13.5. The van der Waals surface area contributed by atoms with Gasteiger partial charge in [0.25, 0.3) is 0 Å². The molecule has 0 saturated heterocycles. The maximum Gasteiger partial charge on any atom is 0.167 e. The standard InChI is InChI=1S/C15H12ClFO2/c1-19-15-6-5-10(7-13(15)17)8-14(18)11-3-2-4-12(16)9-11/h2-7,9H,8H2,1H3. The van der Waals surface area contributed by atoms with Crippen LogP contribution in [0.1, 0.15) is 15.9 Å². The van der Waals surface area contributed by atoms with Crippen LogP contribution in [0.2, 0.25) is 5.02 Å². The first-order valence-corrected chi connectivity index (χ1v) is 6.09. The van der Waals surface area contributed by atoms with Gasteiger partial charge >= 0.3 is 0 Å². The van der Waals surface area contributed by atoms with E-state index in [4.69, 9.17) is 16.3 Å². The van der Waals surface area contributed by atoms with Crippen LogP contribution in [0.25, 0.3) is 0 Å². The molecule has 0 aliphatic carbocycles. The molecular weight excluding hydrogens is 267 g/mol. The van der Waals surface area contributed by atoms with Gasteiger partial charge in [0.2, 0.25) is 0 Å². The quantitative estimate of drug-likeness (QED) is 0.793. The first-order valence-electron chi connectivity index (χ1n) is 5.71. The molecule has 98 valence electrons. The van der Waals surface area contributed by atoms with Crippen LogP contribution in [0.15, 0.2) is 42.5 Å². The molecule has 0 amide bonds. The lowest BCUT2D eigenvalue weighted by Crippen LogP contribution is -2.04. The summed E-state index contributed by atoms with van der Waals surface area (Å²) in [5, 5.41) is 0.506. The number of hydrogen-bond acceptors (Lipinski definition) is 2. The van der Waals surface area contributed by atoms with Gasteiger partial charge < -0.3 is 4.74 Å². The van der Waals surface area contributed by atoms with E-state index in [1.807, 2.05) is 0 Å². The molecule has 0 N–H and O–H groups in total. The molecule has 0 saturated carbocycles. The van der Waals surface area contributed by atoms with E-state index in [0.717, 1.165) is 0 Å². The summed E-state index contributed by atoms with van der Waals surface area (Å²) in [4.78, 5) is 12.0.